The Morgan fingerprint density at radius 1 is 1.04 bits per heavy atom. The standard InChI is InChI=1S/C36H44F2N6O4/c1-6-43(26-9-11-48-12-10-26)31-16-25(14-28(23(31)4)34(45)39-17-29-21(2)13-22(3)40-35(29)46)24-7-8-30-32(15-24)41(5)36(47)44(30)27-18-42(19-27)20-33(37)38/h7-8,13-16,26-27,33H,6,9-12,17-20H2,1-5H3,(H,39,45)(H,40,46). The van der Waals surface area contributed by atoms with Crippen LogP contribution in [-0.4, -0.2) is 76.8 Å². The van der Waals surface area contributed by atoms with Crippen molar-refractivity contribution in [3.63, 3.8) is 0 Å². The third-order valence-electron chi connectivity index (χ3n) is 9.95. The summed E-state index contributed by atoms with van der Waals surface area (Å²) in [6, 6.07) is 11.8. The molecule has 2 aromatic heterocycles. The fraction of sp³-hybridized carbons (Fsp3) is 0.472. The van der Waals surface area contributed by atoms with E-state index in [1.807, 2.05) is 51.1 Å². The van der Waals surface area contributed by atoms with Crippen LogP contribution < -0.4 is 21.5 Å². The zero-order valence-corrected chi connectivity index (χ0v) is 28.2. The highest BCUT2D eigenvalue weighted by atomic mass is 19.3. The molecule has 2 fully saturated rings. The second kappa shape index (κ2) is 13.7. The first-order chi connectivity index (χ1) is 23.0. The molecule has 4 heterocycles. The molecule has 2 aliphatic rings. The first kappa shape index (κ1) is 33.6. The summed E-state index contributed by atoms with van der Waals surface area (Å²) in [5.41, 5.74) is 7.13. The average Bonchev–Trinajstić information content (AvgIpc) is 3.28. The van der Waals surface area contributed by atoms with Crippen molar-refractivity contribution in [3.05, 3.63) is 85.2 Å². The van der Waals surface area contributed by atoms with E-state index in [0.717, 1.165) is 64.1 Å². The number of hydrogen-bond donors (Lipinski definition) is 2. The molecule has 12 heteroatoms. The van der Waals surface area contributed by atoms with Gasteiger partial charge in [0.1, 0.15) is 0 Å². The summed E-state index contributed by atoms with van der Waals surface area (Å²) in [5, 5.41) is 2.99. The molecule has 256 valence electrons. The summed E-state index contributed by atoms with van der Waals surface area (Å²) in [6.07, 6.45) is -0.647. The van der Waals surface area contributed by atoms with Crippen molar-refractivity contribution >= 4 is 22.6 Å². The molecule has 4 aromatic rings. The largest absolute Gasteiger partial charge is 0.381 e. The average molecular weight is 663 g/mol. The Labute approximate surface area is 278 Å². The number of benzene rings is 2. The van der Waals surface area contributed by atoms with Crippen molar-refractivity contribution in [3.8, 4) is 11.1 Å². The summed E-state index contributed by atoms with van der Waals surface area (Å²) in [4.78, 5) is 46.8. The van der Waals surface area contributed by atoms with Crippen molar-refractivity contribution in [1.82, 2.24) is 24.3 Å². The number of rotatable bonds is 10. The lowest BCUT2D eigenvalue weighted by atomic mass is 9.95. The maximum absolute atomic E-state index is 13.9. The third-order valence-corrected chi connectivity index (χ3v) is 9.95. The van der Waals surface area contributed by atoms with E-state index < -0.39 is 6.43 Å². The zero-order valence-electron chi connectivity index (χ0n) is 28.2. The quantitative estimate of drug-likeness (QED) is 0.256. The molecule has 0 radical (unpaired) electrons. The molecule has 0 spiro atoms. The number of pyridine rings is 1. The van der Waals surface area contributed by atoms with Crippen LogP contribution in [0.2, 0.25) is 0 Å². The maximum Gasteiger partial charge on any atom is 0.329 e. The van der Waals surface area contributed by atoms with Gasteiger partial charge in [0.15, 0.2) is 0 Å². The first-order valence-electron chi connectivity index (χ1n) is 16.6. The minimum Gasteiger partial charge on any atom is -0.381 e. The van der Waals surface area contributed by atoms with E-state index in [1.165, 1.54) is 0 Å². The van der Waals surface area contributed by atoms with Crippen LogP contribution in [0.3, 0.4) is 0 Å². The number of H-pyrrole nitrogens is 1. The summed E-state index contributed by atoms with van der Waals surface area (Å²) in [6.45, 7) is 10.5. The number of carbonyl (C=O) groups is 1. The predicted molar refractivity (Wildman–Crippen MR) is 183 cm³/mol. The molecule has 1 amide bonds. The van der Waals surface area contributed by atoms with Gasteiger partial charge >= 0.3 is 5.69 Å². The highest BCUT2D eigenvalue weighted by Gasteiger charge is 2.33. The number of aromatic amines is 1. The Hall–Kier alpha value is -4.29. The van der Waals surface area contributed by atoms with Crippen LogP contribution in [0.5, 0.6) is 0 Å². The zero-order chi connectivity index (χ0) is 34.3. The lowest BCUT2D eigenvalue weighted by molar-refractivity contribution is 0.0295. The van der Waals surface area contributed by atoms with E-state index >= 15 is 0 Å². The number of anilines is 1. The third kappa shape index (κ3) is 6.43. The topological polar surface area (TPSA) is 105 Å². The number of ether oxygens (including phenoxy) is 1. The SMILES string of the molecule is CCN(c1cc(-c2ccc3c(c2)n(C)c(=O)n3C2CN(CC(F)F)C2)cc(C(=O)NCc2c(C)cc(C)[nH]c2=O)c1C)C1CCOCC1. The Balaban J connectivity index is 1.39. The molecule has 0 unspecified atom stereocenters. The van der Waals surface area contributed by atoms with Crippen molar-refractivity contribution in [2.45, 2.75) is 65.6 Å². The molecule has 0 saturated carbocycles. The Morgan fingerprint density at radius 2 is 1.77 bits per heavy atom. The molecule has 6 rings (SSSR count). The number of hydrogen-bond acceptors (Lipinski definition) is 6. The van der Waals surface area contributed by atoms with Gasteiger partial charge < -0.3 is 19.9 Å². The monoisotopic (exact) mass is 662 g/mol. The van der Waals surface area contributed by atoms with Crippen molar-refractivity contribution < 1.29 is 18.3 Å². The molecular formula is C36H44F2N6O4. The van der Waals surface area contributed by atoms with Gasteiger partial charge in [-0.3, -0.25) is 23.6 Å². The number of aromatic nitrogens is 3. The number of nitrogens with zero attached hydrogens (tertiary/aromatic N) is 4. The van der Waals surface area contributed by atoms with E-state index in [1.54, 1.807) is 21.1 Å². The number of alkyl halides is 2. The van der Waals surface area contributed by atoms with Crippen LogP contribution in [0.4, 0.5) is 14.5 Å². The minimum atomic E-state index is -2.41. The number of nitrogens with one attached hydrogen (secondary N) is 2. The number of imidazole rings is 1. The fourth-order valence-electron chi connectivity index (χ4n) is 7.33. The summed E-state index contributed by atoms with van der Waals surface area (Å²) in [5.74, 6) is -0.282. The van der Waals surface area contributed by atoms with Crippen LogP contribution >= 0.6 is 0 Å². The molecule has 2 aliphatic heterocycles. The van der Waals surface area contributed by atoms with Gasteiger partial charge in [-0.05, 0) is 93.1 Å². The molecule has 2 N–H and O–H groups in total. The maximum atomic E-state index is 13.9. The van der Waals surface area contributed by atoms with Gasteiger partial charge in [-0.1, -0.05) is 6.07 Å². The summed E-state index contributed by atoms with van der Waals surface area (Å²) >= 11 is 0. The van der Waals surface area contributed by atoms with Crippen LogP contribution in [0.25, 0.3) is 22.2 Å². The molecule has 48 heavy (non-hydrogen) atoms. The fourth-order valence-corrected chi connectivity index (χ4v) is 7.33. The van der Waals surface area contributed by atoms with Crippen LogP contribution in [0, 0.1) is 20.8 Å². The van der Waals surface area contributed by atoms with E-state index in [4.69, 9.17) is 4.74 Å². The van der Waals surface area contributed by atoms with Gasteiger partial charge in [-0.25, -0.2) is 13.6 Å². The van der Waals surface area contributed by atoms with Gasteiger partial charge in [0.2, 0.25) is 0 Å². The van der Waals surface area contributed by atoms with Crippen molar-refractivity contribution in [1.29, 1.82) is 0 Å². The highest BCUT2D eigenvalue weighted by molar-refractivity contribution is 5.99. The second-order valence-electron chi connectivity index (χ2n) is 13.1. The second-order valence-corrected chi connectivity index (χ2v) is 13.1. The Bertz CT molecular complexity index is 1950. The Kier molecular flexibility index (Phi) is 9.57. The number of carbonyl (C=O) groups excluding carboxylic acids is 1. The Morgan fingerprint density at radius 3 is 2.44 bits per heavy atom. The minimum absolute atomic E-state index is 0.0915. The van der Waals surface area contributed by atoms with Gasteiger partial charge in [-0.2, -0.15) is 0 Å². The molecule has 0 aliphatic carbocycles. The predicted octanol–water partition coefficient (Wildman–Crippen LogP) is 4.68. The van der Waals surface area contributed by atoms with E-state index in [-0.39, 0.29) is 42.3 Å². The first-order valence-corrected chi connectivity index (χ1v) is 16.6. The van der Waals surface area contributed by atoms with E-state index in [2.05, 4.69) is 28.2 Å². The van der Waals surface area contributed by atoms with Crippen LogP contribution in [0.1, 0.15) is 58.5 Å². The number of halogens is 2. The molecule has 0 bridgehead atoms. The smallest absolute Gasteiger partial charge is 0.329 e. The number of aryl methyl sites for hydroxylation is 3. The lowest BCUT2D eigenvalue weighted by Gasteiger charge is -2.39. The summed E-state index contributed by atoms with van der Waals surface area (Å²) in [7, 11) is 1.72. The van der Waals surface area contributed by atoms with Crippen LogP contribution in [0.15, 0.2) is 46.0 Å². The molecular weight excluding hydrogens is 618 g/mol. The number of amides is 1. The lowest BCUT2D eigenvalue weighted by Crippen LogP contribution is -2.51. The van der Waals surface area contributed by atoms with Gasteiger partial charge in [0.05, 0.1) is 23.6 Å². The van der Waals surface area contributed by atoms with Gasteiger partial charge in [-0.15, -0.1) is 0 Å². The van der Waals surface area contributed by atoms with Crippen LogP contribution in [-0.2, 0) is 18.3 Å². The molecule has 2 aromatic carbocycles. The van der Waals surface area contributed by atoms with Crippen molar-refractivity contribution in [2.75, 3.05) is 44.3 Å². The normalized spacial score (nSPS) is 16.1. The number of likely N-dealkylation sites (tertiary alicyclic amines) is 1. The molecule has 2 saturated heterocycles. The van der Waals surface area contributed by atoms with Crippen molar-refractivity contribution in [2.24, 2.45) is 7.05 Å². The molecule has 10 nitrogen and oxygen atoms in total. The van der Waals surface area contributed by atoms with E-state index in [9.17, 15) is 23.2 Å². The summed E-state index contributed by atoms with van der Waals surface area (Å²) < 4.78 is 34.7. The molecule has 0 atom stereocenters. The van der Waals surface area contributed by atoms with Gasteiger partial charge in [0, 0.05) is 75.0 Å². The van der Waals surface area contributed by atoms with Gasteiger partial charge in [0.25, 0.3) is 17.9 Å². The number of fused-ring (bicyclic) bond motifs is 1. The van der Waals surface area contributed by atoms with E-state index in [0.29, 0.717) is 37.4 Å². The highest BCUT2D eigenvalue weighted by Crippen LogP contribution is 2.35.